The third-order valence-electron chi connectivity index (χ3n) is 2.43. The molecule has 0 heterocycles. The fourth-order valence-corrected chi connectivity index (χ4v) is 2.05. The number of thioether (sulfide) groups is 1. The van der Waals surface area contributed by atoms with Crippen molar-refractivity contribution in [3.8, 4) is 0 Å². The van der Waals surface area contributed by atoms with Crippen molar-refractivity contribution in [1.29, 1.82) is 0 Å². The molecular weight excluding hydrogens is 230 g/mol. The molecule has 0 amide bonds. The second-order valence-electron chi connectivity index (χ2n) is 4.77. The second-order valence-corrected chi connectivity index (χ2v) is 5.83. The Labute approximate surface area is 108 Å². The molecule has 0 aromatic heterocycles. The topological polar surface area (TPSA) is 32.3 Å². The number of para-hydroxylation sites is 1. The molecule has 2 nitrogen and oxygen atoms in total. The molecule has 94 valence electrons. The Balaban J connectivity index is 2.66. The lowest BCUT2D eigenvalue weighted by atomic mass is 9.95. The normalized spacial score (nSPS) is 11.2. The van der Waals surface area contributed by atoms with Gasteiger partial charge in [-0.15, -0.1) is 18.3 Å². The number of aliphatic hydroxyl groups is 1. The van der Waals surface area contributed by atoms with E-state index in [9.17, 15) is 5.11 Å². The monoisotopic (exact) mass is 251 g/mol. The van der Waals surface area contributed by atoms with Crippen LogP contribution in [0.2, 0.25) is 0 Å². The highest BCUT2D eigenvalue weighted by Gasteiger charge is 2.16. The van der Waals surface area contributed by atoms with E-state index in [1.165, 1.54) is 4.90 Å². The first-order chi connectivity index (χ1) is 8.09. The summed E-state index contributed by atoms with van der Waals surface area (Å²) in [4.78, 5) is 1.22. The smallest absolute Gasteiger partial charge is 0.0498 e. The average Bonchev–Trinajstić information content (AvgIpc) is 2.35. The summed E-state index contributed by atoms with van der Waals surface area (Å²) in [5.41, 5.74) is 1.02. The standard InChI is InChI=1S/C14H21NOS/c1-4-9-17-13-8-6-5-7-12(13)15-10-14(2,3)11-16/h4-8,15-16H,1,9-11H2,2-3H3. The first kappa shape index (κ1) is 14.1. The van der Waals surface area contributed by atoms with E-state index in [4.69, 9.17) is 0 Å². The van der Waals surface area contributed by atoms with Crippen LogP contribution in [0.5, 0.6) is 0 Å². The Kier molecular flexibility index (Phi) is 5.59. The Hall–Kier alpha value is -0.930. The molecule has 0 aliphatic rings. The third-order valence-corrected chi connectivity index (χ3v) is 3.50. The number of hydrogen-bond donors (Lipinski definition) is 2. The van der Waals surface area contributed by atoms with Crippen molar-refractivity contribution < 1.29 is 5.11 Å². The van der Waals surface area contributed by atoms with Crippen LogP contribution in [0.1, 0.15) is 13.8 Å². The maximum absolute atomic E-state index is 9.22. The number of anilines is 1. The minimum absolute atomic E-state index is 0.101. The summed E-state index contributed by atoms with van der Waals surface area (Å²) in [7, 11) is 0. The molecule has 0 saturated carbocycles. The Morgan fingerprint density at radius 3 is 2.76 bits per heavy atom. The second kappa shape index (κ2) is 6.72. The van der Waals surface area contributed by atoms with Gasteiger partial charge in [-0.1, -0.05) is 32.1 Å². The first-order valence-electron chi connectivity index (χ1n) is 5.76. The van der Waals surface area contributed by atoms with E-state index in [-0.39, 0.29) is 12.0 Å². The lowest BCUT2D eigenvalue weighted by Crippen LogP contribution is -2.26. The molecular formula is C14H21NOS. The molecule has 0 spiro atoms. The largest absolute Gasteiger partial charge is 0.396 e. The maximum Gasteiger partial charge on any atom is 0.0498 e. The summed E-state index contributed by atoms with van der Waals surface area (Å²) < 4.78 is 0. The highest BCUT2D eigenvalue weighted by Crippen LogP contribution is 2.28. The van der Waals surface area contributed by atoms with Crippen molar-refractivity contribution >= 4 is 17.4 Å². The molecule has 0 atom stereocenters. The Bertz CT molecular complexity index is 363. The van der Waals surface area contributed by atoms with Crippen LogP contribution in [0.25, 0.3) is 0 Å². The van der Waals surface area contributed by atoms with Crippen LogP contribution in [0.15, 0.2) is 41.8 Å². The quantitative estimate of drug-likeness (QED) is 0.575. The van der Waals surface area contributed by atoms with Gasteiger partial charge in [0.1, 0.15) is 0 Å². The molecule has 17 heavy (non-hydrogen) atoms. The molecule has 0 saturated heterocycles. The molecule has 2 N–H and O–H groups in total. The van der Waals surface area contributed by atoms with E-state index >= 15 is 0 Å². The predicted octanol–water partition coefficient (Wildman–Crippen LogP) is 3.40. The van der Waals surface area contributed by atoms with Gasteiger partial charge in [0.25, 0.3) is 0 Å². The number of hydrogen-bond acceptors (Lipinski definition) is 3. The molecule has 0 unspecified atom stereocenters. The van der Waals surface area contributed by atoms with Gasteiger partial charge in [0, 0.05) is 34.9 Å². The summed E-state index contributed by atoms with van der Waals surface area (Å²) in [5.74, 6) is 0.905. The van der Waals surface area contributed by atoms with E-state index < -0.39 is 0 Å². The van der Waals surface area contributed by atoms with Crippen LogP contribution in [0, 0.1) is 5.41 Å². The average molecular weight is 251 g/mol. The molecule has 1 rings (SSSR count). The third kappa shape index (κ3) is 4.84. The van der Waals surface area contributed by atoms with Crippen molar-refractivity contribution in [3.63, 3.8) is 0 Å². The zero-order valence-corrected chi connectivity index (χ0v) is 11.4. The van der Waals surface area contributed by atoms with Gasteiger partial charge in [-0.3, -0.25) is 0 Å². The van der Waals surface area contributed by atoms with Crippen LogP contribution in [-0.2, 0) is 0 Å². The zero-order valence-electron chi connectivity index (χ0n) is 10.6. The molecule has 1 aromatic rings. The maximum atomic E-state index is 9.22. The summed E-state index contributed by atoms with van der Waals surface area (Å²) in [6.07, 6.45) is 1.90. The first-order valence-corrected chi connectivity index (χ1v) is 6.75. The summed E-state index contributed by atoms with van der Waals surface area (Å²) >= 11 is 1.76. The van der Waals surface area contributed by atoms with Crippen molar-refractivity contribution in [2.75, 3.05) is 24.2 Å². The van der Waals surface area contributed by atoms with E-state index in [1.54, 1.807) is 11.8 Å². The van der Waals surface area contributed by atoms with E-state index in [1.807, 2.05) is 32.1 Å². The predicted molar refractivity (Wildman–Crippen MR) is 76.7 cm³/mol. The van der Waals surface area contributed by atoms with Gasteiger partial charge in [-0.25, -0.2) is 0 Å². The highest BCUT2D eigenvalue weighted by molar-refractivity contribution is 7.99. The van der Waals surface area contributed by atoms with Crippen LogP contribution >= 0.6 is 11.8 Å². The lowest BCUT2D eigenvalue weighted by molar-refractivity contribution is 0.171. The van der Waals surface area contributed by atoms with Crippen molar-refractivity contribution in [1.82, 2.24) is 0 Å². The van der Waals surface area contributed by atoms with E-state index in [0.717, 1.165) is 18.0 Å². The van der Waals surface area contributed by atoms with E-state index in [0.29, 0.717) is 0 Å². The van der Waals surface area contributed by atoms with Gasteiger partial charge in [-0.05, 0) is 12.1 Å². The highest BCUT2D eigenvalue weighted by atomic mass is 32.2. The Morgan fingerprint density at radius 2 is 2.12 bits per heavy atom. The number of aliphatic hydroxyl groups excluding tert-OH is 1. The summed E-state index contributed by atoms with van der Waals surface area (Å²) in [5, 5.41) is 12.6. The molecule has 0 aliphatic heterocycles. The molecule has 0 radical (unpaired) electrons. The Morgan fingerprint density at radius 1 is 1.41 bits per heavy atom. The number of rotatable bonds is 7. The molecule has 3 heteroatoms. The molecule has 0 fully saturated rings. The van der Waals surface area contributed by atoms with Crippen molar-refractivity contribution in [2.45, 2.75) is 18.7 Å². The van der Waals surface area contributed by atoms with Crippen LogP contribution in [0.3, 0.4) is 0 Å². The molecule has 0 bridgehead atoms. The van der Waals surface area contributed by atoms with Crippen LogP contribution < -0.4 is 5.32 Å². The SMILES string of the molecule is C=CCSc1ccccc1NCC(C)(C)CO. The minimum atomic E-state index is -0.101. The summed E-state index contributed by atoms with van der Waals surface area (Å²) in [6.45, 7) is 8.75. The van der Waals surface area contributed by atoms with Crippen LogP contribution in [-0.4, -0.2) is 24.0 Å². The number of benzene rings is 1. The van der Waals surface area contributed by atoms with Gasteiger partial charge in [-0.2, -0.15) is 0 Å². The fraction of sp³-hybridized carbons (Fsp3) is 0.429. The van der Waals surface area contributed by atoms with Gasteiger partial charge >= 0.3 is 0 Å². The molecule has 1 aromatic carbocycles. The lowest BCUT2D eigenvalue weighted by Gasteiger charge is -2.23. The van der Waals surface area contributed by atoms with Crippen molar-refractivity contribution in [3.05, 3.63) is 36.9 Å². The van der Waals surface area contributed by atoms with Gasteiger partial charge in [0.2, 0.25) is 0 Å². The van der Waals surface area contributed by atoms with Gasteiger partial charge in [0.15, 0.2) is 0 Å². The minimum Gasteiger partial charge on any atom is -0.396 e. The molecule has 0 aliphatic carbocycles. The van der Waals surface area contributed by atoms with E-state index in [2.05, 4.69) is 24.0 Å². The summed E-state index contributed by atoms with van der Waals surface area (Å²) in [6, 6.07) is 8.22. The van der Waals surface area contributed by atoms with Crippen molar-refractivity contribution in [2.24, 2.45) is 5.41 Å². The number of nitrogens with one attached hydrogen (secondary N) is 1. The van der Waals surface area contributed by atoms with Gasteiger partial charge < -0.3 is 10.4 Å². The fourth-order valence-electron chi connectivity index (χ4n) is 1.28. The zero-order chi connectivity index (χ0) is 12.7. The van der Waals surface area contributed by atoms with Crippen LogP contribution in [0.4, 0.5) is 5.69 Å². The van der Waals surface area contributed by atoms with Gasteiger partial charge in [0.05, 0.1) is 0 Å².